The van der Waals surface area contributed by atoms with Gasteiger partial charge in [0.15, 0.2) is 5.13 Å². The highest BCUT2D eigenvalue weighted by molar-refractivity contribution is 7.14. The van der Waals surface area contributed by atoms with E-state index in [0.717, 1.165) is 30.5 Å². The Balaban J connectivity index is 1.71. The van der Waals surface area contributed by atoms with E-state index in [-0.39, 0.29) is 0 Å². The molecule has 0 saturated carbocycles. The van der Waals surface area contributed by atoms with Gasteiger partial charge in [-0.05, 0) is 25.3 Å². The highest BCUT2D eigenvalue weighted by atomic mass is 32.1. The molecule has 4 rings (SSSR count). The van der Waals surface area contributed by atoms with Gasteiger partial charge in [-0.1, -0.05) is 18.2 Å². The zero-order valence-corrected chi connectivity index (χ0v) is 14.4. The summed E-state index contributed by atoms with van der Waals surface area (Å²) >= 11 is 1.74. The molecule has 1 aliphatic rings. The largest absolute Gasteiger partial charge is 0.348 e. The molecule has 1 aliphatic heterocycles. The smallest absolute Gasteiger partial charge is 0.185 e. The summed E-state index contributed by atoms with van der Waals surface area (Å²) in [4.78, 5) is 7.32. The van der Waals surface area contributed by atoms with Crippen LogP contribution in [0.2, 0.25) is 0 Å². The fourth-order valence-electron chi connectivity index (χ4n) is 3.42. The molecule has 3 heterocycles. The van der Waals surface area contributed by atoms with Crippen molar-refractivity contribution in [2.24, 2.45) is 0 Å². The number of aryl methyl sites for hydroxylation is 1. The summed E-state index contributed by atoms with van der Waals surface area (Å²) < 4.78 is 2.17. The van der Waals surface area contributed by atoms with E-state index < -0.39 is 0 Å². The Labute approximate surface area is 146 Å². The lowest BCUT2D eigenvalue weighted by atomic mass is 10.1. The van der Waals surface area contributed by atoms with Gasteiger partial charge in [0.05, 0.1) is 18.2 Å². The zero-order valence-electron chi connectivity index (χ0n) is 13.6. The molecule has 0 atom stereocenters. The topological polar surface area (TPSA) is 44.9 Å². The van der Waals surface area contributed by atoms with Crippen molar-refractivity contribution in [3.63, 3.8) is 0 Å². The van der Waals surface area contributed by atoms with Gasteiger partial charge in [0, 0.05) is 47.7 Å². The van der Waals surface area contributed by atoms with Crippen molar-refractivity contribution < 1.29 is 0 Å². The molecule has 0 spiro atoms. The maximum Gasteiger partial charge on any atom is 0.185 e. The van der Waals surface area contributed by atoms with E-state index in [2.05, 4.69) is 51.4 Å². The molecule has 1 fully saturated rings. The van der Waals surface area contributed by atoms with Crippen molar-refractivity contribution in [1.29, 1.82) is 5.26 Å². The molecule has 24 heavy (non-hydrogen) atoms. The van der Waals surface area contributed by atoms with Gasteiger partial charge in [0.1, 0.15) is 0 Å². The number of nitrogens with zero attached hydrogens (tertiary/aromatic N) is 4. The number of piperidine rings is 1. The quantitative estimate of drug-likeness (QED) is 0.695. The summed E-state index contributed by atoms with van der Waals surface area (Å²) in [6.45, 7) is 2.97. The number of hydrogen-bond donors (Lipinski definition) is 0. The van der Waals surface area contributed by atoms with Crippen molar-refractivity contribution in [3.05, 3.63) is 35.8 Å². The zero-order chi connectivity index (χ0) is 16.4. The van der Waals surface area contributed by atoms with Gasteiger partial charge < -0.3 is 9.47 Å². The van der Waals surface area contributed by atoms with Crippen LogP contribution in [0.4, 0.5) is 5.13 Å². The number of para-hydroxylation sites is 1. The summed E-state index contributed by atoms with van der Waals surface area (Å²) in [6, 6.07) is 10.6. The van der Waals surface area contributed by atoms with Gasteiger partial charge in [0.2, 0.25) is 0 Å². The second-order valence-corrected chi connectivity index (χ2v) is 7.06. The average Bonchev–Trinajstić information content (AvgIpc) is 3.26. The van der Waals surface area contributed by atoms with Crippen LogP contribution in [0.25, 0.3) is 22.2 Å². The Kier molecular flexibility index (Phi) is 4.22. The van der Waals surface area contributed by atoms with Gasteiger partial charge in [-0.15, -0.1) is 11.3 Å². The third kappa shape index (κ3) is 2.78. The van der Waals surface area contributed by atoms with E-state index in [1.165, 1.54) is 35.7 Å². The number of benzene rings is 1. The molecule has 0 aliphatic carbocycles. The monoisotopic (exact) mass is 336 g/mol. The van der Waals surface area contributed by atoms with Crippen LogP contribution in [0.15, 0.2) is 35.8 Å². The molecule has 122 valence electrons. The van der Waals surface area contributed by atoms with Crippen LogP contribution in [0.3, 0.4) is 0 Å². The molecule has 3 aromatic rings. The van der Waals surface area contributed by atoms with Crippen LogP contribution in [0.1, 0.15) is 25.7 Å². The fourth-order valence-corrected chi connectivity index (χ4v) is 4.30. The number of rotatable bonds is 4. The number of nitriles is 1. The Morgan fingerprint density at radius 2 is 2.00 bits per heavy atom. The average molecular weight is 336 g/mol. The van der Waals surface area contributed by atoms with Gasteiger partial charge in [-0.25, -0.2) is 4.98 Å². The summed E-state index contributed by atoms with van der Waals surface area (Å²) in [5.74, 6) is 0. The van der Waals surface area contributed by atoms with Crippen LogP contribution in [-0.2, 0) is 6.54 Å². The van der Waals surface area contributed by atoms with Gasteiger partial charge in [-0.3, -0.25) is 0 Å². The lowest BCUT2D eigenvalue weighted by molar-refractivity contribution is 0.577. The van der Waals surface area contributed by atoms with Gasteiger partial charge in [0.25, 0.3) is 0 Å². The fraction of sp³-hybridized carbons (Fsp3) is 0.368. The van der Waals surface area contributed by atoms with Crippen LogP contribution in [0.5, 0.6) is 0 Å². The molecule has 0 N–H and O–H groups in total. The van der Waals surface area contributed by atoms with Crippen molar-refractivity contribution in [2.75, 3.05) is 18.0 Å². The SMILES string of the molecule is N#CCCn1cc(-c2csc(N3CCCCC3)n2)c2ccccc21. The first kappa shape index (κ1) is 15.2. The molecule has 5 heteroatoms. The molecular formula is C19H20N4S. The van der Waals surface area contributed by atoms with Gasteiger partial charge in [-0.2, -0.15) is 5.26 Å². The summed E-state index contributed by atoms with van der Waals surface area (Å²) in [5.41, 5.74) is 3.39. The molecule has 0 unspecified atom stereocenters. The maximum absolute atomic E-state index is 8.89. The minimum atomic E-state index is 0.522. The van der Waals surface area contributed by atoms with Gasteiger partial charge >= 0.3 is 0 Å². The molecule has 1 aromatic carbocycles. The highest BCUT2D eigenvalue weighted by Crippen LogP contribution is 2.34. The molecule has 2 aromatic heterocycles. The van der Waals surface area contributed by atoms with E-state index in [9.17, 15) is 0 Å². The van der Waals surface area contributed by atoms with Crippen molar-refractivity contribution in [1.82, 2.24) is 9.55 Å². The van der Waals surface area contributed by atoms with E-state index in [1.54, 1.807) is 11.3 Å². The summed E-state index contributed by atoms with van der Waals surface area (Å²) in [6.07, 6.45) is 6.54. The number of thiazole rings is 1. The Bertz CT molecular complexity index is 880. The third-order valence-electron chi connectivity index (χ3n) is 4.65. The normalized spacial score (nSPS) is 14.9. The standard InChI is InChI=1S/C19H20N4S/c20-9-6-12-23-13-16(15-7-2-3-8-18(15)23)17-14-24-19(21-17)22-10-4-1-5-11-22/h2-3,7-8,13-14H,1,4-6,10-12H2. The molecule has 4 nitrogen and oxygen atoms in total. The van der Waals surface area contributed by atoms with E-state index in [4.69, 9.17) is 10.2 Å². The lowest BCUT2D eigenvalue weighted by Gasteiger charge is -2.25. The lowest BCUT2D eigenvalue weighted by Crippen LogP contribution is -2.29. The van der Waals surface area contributed by atoms with E-state index >= 15 is 0 Å². The number of fused-ring (bicyclic) bond motifs is 1. The molecule has 0 bridgehead atoms. The van der Waals surface area contributed by atoms with Crippen molar-refractivity contribution >= 4 is 27.4 Å². The van der Waals surface area contributed by atoms with Crippen molar-refractivity contribution in [2.45, 2.75) is 32.2 Å². The number of hydrogen-bond acceptors (Lipinski definition) is 4. The van der Waals surface area contributed by atoms with Crippen LogP contribution < -0.4 is 4.90 Å². The maximum atomic E-state index is 8.89. The highest BCUT2D eigenvalue weighted by Gasteiger charge is 2.17. The summed E-state index contributed by atoms with van der Waals surface area (Å²) in [7, 11) is 0. The second-order valence-electron chi connectivity index (χ2n) is 6.22. The minimum Gasteiger partial charge on any atom is -0.348 e. The van der Waals surface area contributed by atoms with Crippen LogP contribution in [0, 0.1) is 11.3 Å². The minimum absolute atomic E-state index is 0.522. The van der Waals surface area contributed by atoms with Crippen LogP contribution in [-0.4, -0.2) is 22.6 Å². The first-order valence-corrected chi connectivity index (χ1v) is 9.40. The number of aromatic nitrogens is 2. The Morgan fingerprint density at radius 3 is 2.83 bits per heavy atom. The molecular weight excluding hydrogens is 316 g/mol. The summed E-state index contributed by atoms with van der Waals surface area (Å²) in [5, 5.41) is 13.4. The number of anilines is 1. The first-order valence-electron chi connectivity index (χ1n) is 8.52. The van der Waals surface area contributed by atoms with Crippen molar-refractivity contribution in [3.8, 4) is 17.3 Å². The molecule has 1 saturated heterocycles. The van der Waals surface area contributed by atoms with E-state index in [0.29, 0.717) is 6.42 Å². The molecule has 0 amide bonds. The third-order valence-corrected chi connectivity index (χ3v) is 5.55. The van der Waals surface area contributed by atoms with Crippen LogP contribution >= 0.6 is 11.3 Å². The Hall–Kier alpha value is -2.32. The predicted octanol–water partition coefficient (Wildman–Crippen LogP) is 4.67. The van der Waals surface area contributed by atoms with E-state index in [1.807, 2.05) is 0 Å². The Morgan fingerprint density at radius 1 is 1.17 bits per heavy atom. The predicted molar refractivity (Wildman–Crippen MR) is 99.3 cm³/mol. The first-order chi connectivity index (χ1) is 11.9. The molecule has 0 radical (unpaired) electrons. The second kappa shape index (κ2) is 6.66.